The van der Waals surface area contributed by atoms with Crippen LogP contribution in [0.5, 0.6) is 0 Å². The van der Waals surface area contributed by atoms with Crippen molar-refractivity contribution in [2.45, 2.75) is 16.7 Å². The molecule has 0 spiro atoms. The van der Waals surface area contributed by atoms with E-state index in [4.69, 9.17) is 13.0 Å². The van der Waals surface area contributed by atoms with Crippen LogP contribution in [0.2, 0.25) is 5.02 Å². The molecule has 3 rings (SSSR count). The highest BCUT2D eigenvalue weighted by Crippen LogP contribution is 2.35. The predicted molar refractivity (Wildman–Crippen MR) is 99.5 cm³/mol. The van der Waals surface area contributed by atoms with E-state index in [0.717, 1.165) is 16.2 Å². The molecular formula is C18H11ClN2O2S2. The Kier molecular flexibility index (Phi) is 4.70. The Morgan fingerprint density at radius 2 is 2.12 bits per heavy atom. The molecule has 0 fully saturated rings. The number of hydrogen-bond donors (Lipinski definition) is 1. The molecule has 1 N–H and O–H groups in total. The Labute approximate surface area is 159 Å². The molecule has 0 atom stereocenters. The van der Waals surface area contributed by atoms with Crippen molar-refractivity contribution in [2.75, 3.05) is 0 Å². The average Bonchev–Trinajstić information content (AvgIpc) is 3.00. The largest absolute Gasteiger partial charge is 0.477 e. The van der Waals surface area contributed by atoms with Gasteiger partial charge in [-0.25, -0.2) is 9.78 Å². The molecule has 2 aromatic carbocycles. The van der Waals surface area contributed by atoms with Gasteiger partial charge < -0.3 is 5.11 Å². The normalized spacial score (nSPS) is 11.0. The summed E-state index contributed by atoms with van der Waals surface area (Å²) < 4.78 is 8.30. The van der Waals surface area contributed by atoms with E-state index in [0.29, 0.717) is 31.7 Å². The molecule has 0 bridgehead atoms. The lowest BCUT2D eigenvalue weighted by Crippen LogP contribution is -1.94. The van der Waals surface area contributed by atoms with Crippen LogP contribution in [0.25, 0.3) is 10.6 Å². The van der Waals surface area contributed by atoms with Gasteiger partial charge in [0.15, 0.2) is 0 Å². The lowest BCUT2D eigenvalue weighted by molar-refractivity contribution is 0.0701. The van der Waals surface area contributed by atoms with Crippen LogP contribution >= 0.6 is 34.7 Å². The van der Waals surface area contributed by atoms with Crippen LogP contribution in [0.4, 0.5) is 0 Å². The summed E-state index contributed by atoms with van der Waals surface area (Å²) in [4.78, 5) is 17.0. The van der Waals surface area contributed by atoms with E-state index in [-0.39, 0.29) is 10.9 Å². The zero-order valence-corrected chi connectivity index (χ0v) is 15.3. The lowest BCUT2D eigenvalue weighted by Gasteiger charge is -2.06. The molecule has 0 unspecified atom stereocenters. The first-order valence-corrected chi connectivity index (χ1v) is 9.09. The third-order valence-corrected chi connectivity index (χ3v) is 5.79. The summed E-state index contributed by atoms with van der Waals surface area (Å²) in [7, 11) is 0. The number of nitriles is 1. The number of rotatable bonds is 4. The molecule has 124 valence electrons. The van der Waals surface area contributed by atoms with Crippen LogP contribution in [0, 0.1) is 18.3 Å². The maximum atomic E-state index is 11.2. The van der Waals surface area contributed by atoms with Gasteiger partial charge in [0.2, 0.25) is 0 Å². The Morgan fingerprint density at radius 3 is 2.72 bits per heavy atom. The standard InChI is InChI=1S/C18H11ClN2O2S2/c1-10-16(18(22)23)25-17(21-10)11-2-7-15(12(8-11)9-20)24-14-5-3-13(19)4-6-14/h2-8H,1H3,(H,22,23)/i7D. The topological polar surface area (TPSA) is 74.0 Å². The molecule has 0 aliphatic carbocycles. The van der Waals surface area contributed by atoms with E-state index >= 15 is 0 Å². The summed E-state index contributed by atoms with van der Waals surface area (Å²) in [5.41, 5.74) is 1.33. The van der Waals surface area contributed by atoms with Gasteiger partial charge >= 0.3 is 5.97 Å². The molecule has 0 aliphatic rings. The molecule has 7 heteroatoms. The quantitative estimate of drug-likeness (QED) is 0.640. The fourth-order valence-electron chi connectivity index (χ4n) is 2.11. The van der Waals surface area contributed by atoms with E-state index in [1.165, 1.54) is 11.8 Å². The van der Waals surface area contributed by atoms with Gasteiger partial charge in [-0.05, 0) is 43.3 Å². The zero-order chi connectivity index (χ0) is 18.8. The Morgan fingerprint density at radius 1 is 1.40 bits per heavy atom. The van der Waals surface area contributed by atoms with Crippen molar-refractivity contribution in [1.29, 1.82) is 5.26 Å². The number of aromatic carboxylic acids is 1. The summed E-state index contributed by atoms with van der Waals surface area (Å²) in [6.07, 6.45) is 0. The summed E-state index contributed by atoms with van der Waals surface area (Å²) >= 11 is 8.23. The second kappa shape index (κ2) is 7.28. The van der Waals surface area contributed by atoms with Gasteiger partial charge in [0, 0.05) is 20.4 Å². The van der Waals surface area contributed by atoms with Crippen molar-refractivity contribution in [3.63, 3.8) is 0 Å². The Bertz CT molecular complexity index is 1040. The molecule has 3 aromatic rings. The van der Waals surface area contributed by atoms with Gasteiger partial charge in [-0.15, -0.1) is 11.3 Å². The van der Waals surface area contributed by atoms with Crippen LogP contribution in [-0.4, -0.2) is 16.1 Å². The number of carbonyl (C=O) groups is 1. The van der Waals surface area contributed by atoms with Crippen molar-refractivity contribution in [3.05, 3.63) is 63.6 Å². The highest BCUT2D eigenvalue weighted by atomic mass is 35.5. The van der Waals surface area contributed by atoms with Gasteiger partial charge in [-0.1, -0.05) is 29.4 Å². The van der Waals surface area contributed by atoms with E-state index in [1.807, 2.05) is 12.1 Å². The molecule has 4 nitrogen and oxygen atoms in total. The highest BCUT2D eigenvalue weighted by Gasteiger charge is 2.16. The molecule has 1 aromatic heterocycles. The molecule has 0 amide bonds. The number of aromatic nitrogens is 1. The maximum Gasteiger partial charge on any atom is 0.347 e. The first kappa shape index (κ1) is 16.2. The monoisotopic (exact) mass is 387 g/mol. The van der Waals surface area contributed by atoms with Crippen molar-refractivity contribution in [1.82, 2.24) is 4.98 Å². The number of benzene rings is 2. The van der Waals surface area contributed by atoms with Crippen molar-refractivity contribution < 1.29 is 11.3 Å². The number of carboxylic acids is 1. The van der Waals surface area contributed by atoms with E-state index < -0.39 is 5.97 Å². The van der Waals surface area contributed by atoms with Crippen LogP contribution in [0.15, 0.2) is 52.2 Å². The van der Waals surface area contributed by atoms with Crippen molar-refractivity contribution >= 4 is 40.7 Å². The van der Waals surface area contributed by atoms with Crippen LogP contribution < -0.4 is 0 Å². The number of nitrogens with zero attached hydrogens (tertiary/aromatic N) is 2. The average molecular weight is 388 g/mol. The minimum Gasteiger partial charge on any atom is -0.477 e. The summed E-state index contributed by atoms with van der Waals surface area (Å²) in [5.74, 6) is -1.03. The molecule has 0 saturated carbocycles. The van der Waals surface area contributed by atoms with Gasteiger partial charge in [0.25, 0.3) is 0 Å². The van der Waals surface area contributed by atoms with Crippen molar-refractivity contribution in [3.8, 4) is 16.6 Å². The lowest BCUT2D eigenvalue weighted by atomic mass is 10.1. The van der Waals surface area contributed by atoms with Crippen LogP contribution in [0.3, 0.4) is 0 Å². The summed E-state index contributed by atoms with van der Waals surface area (Å²) in [6, 6.07) is 12.7. The maximum absolute atomic E-state index is 11.2. The van der Waals surface area contributed by atoms with E-state index in [1.54, 1.807) is 31.2 Å². The number of carboxylic acid groups (broad SMARTS) is 1. The predicted octanol–water partition coefficient (Wildman–Crippen LogP) is 5.49. The Balaban J connectivity index is 2.02. The fourth-order valence-corrected chi connectivity index (χ4v) is 3.97. The smallest absolute Gasteiger partial charge is 0.347 e. The first-order chi connectivity index (χ1) is 12.4. The van der Waals surface area contributed by atoms with Gasteiger partial charge in [-0.2, -0.15) is 5.26 Å². The summed E-state index contributed by atoms with van der Waals surface area (Å²) in [5, 5.41) is 19.8. The van der Waals surface area contributed by atoms with Crippen LogP contribution in [-0.2, 0) is 0 Å². The van der Waals surface area contributed by atoms with E-state index in [2.05, 4.69) is 11.1 Å². The number of aryl methyl sites for hydroxylation is 1. The molecule has 0 aliphatic heterocycles. The fraction of sp³-hybridized carbons (Fsp3) is 0.0556. The molecular weight excluding hydrogens is 376 g/mol. The number of halogens is 1. The van der Waals surface area contributed by atoms with Gasteiger partial charge in [0.05, 0.1) is 12.6 Å². The third-order valence-electron chi connectivity index (χ3n) is 3.30. The Hall–Kier alpha value is -2.33. The second-order valence-corrected chi connectivity index (χ2v) is 7.56. The molecule has 25 heavy (non-hydrogen) atoms. The van der Waals surface area contributed by atoms with Gasteiger partial charge in [-0.3, -0.25) is 0 Å². The zero-order valence-electron chi connectivity index (χ0n) is 13.9. The second-order valence-electron chi connectivity index (χ2n) is 5.04. The first-order valence-electron chi connectivity index (χ1n) is 7.58. The highest BCUT2D eigenvalue weighted by molar-refractivity contribution is 7.99. The molecule has 0 radical (unpaired) electrons. The summed E-state index contributed by atoms with van der Waals surface area (Å²) in [6.45, 7) is 1.63. The number of thiazole rings is 1. The minimum atomic E-state index is -1.03. The van der Waals surface area contributed by atoms with Crippen LogP contribution in [0.1, 0.15) is 22.3 Å². The number of hydrogen-bond acceptors (Lipinski definition) is 5. The minimum absolute atomic E-state index is 0.157. The van der Waals surface area contributed by atoms with Gasteiger partial charge in [0.1, 0.15) is 16.0 Å². The third kappa shape index (κ3) is 3.85. The molecule has 0 saturated heterocycles. The molecule has 1 heterocycles. The SMILES string of the molecule is [2H]c1cc(-c2nc(C)c(C(=O)O)s2)cc(C#N)c1Sc1ccc(Cl)cc1. The van der Waals surface area contributed by atoms with E-state index in [9.17, 15) is 15.2 Å². The van der Waals surface area contributed by atoms with Crippen molar-refractivity contribution in [2.24, 2.45) is 0 Å².